The zero-order chi connectivity index (χ0) is 12.6. The van der Waals surface area contributed by atoms with Crippen LogP contribution >= 0.6 is 11.6 Å². The molecule has 1 aromatic heterocycles. The smallest absolute Gasteiger partial charge is 0.230 e. The fourth-order valence-corrected chi connectivity index (χ4v) is 1.92. The molecule has 0 amide bonds. The van der Waals surface area contributed by atoms with Crippen LogP contribution in [-0.2, 0) is 0 Å². The summed E-state index contributed by atoms with van der Waals surface area (Å²) < 4.78 is 23.6. The number of hydrogen-bond donors (Lipinski definition) is 1. The highest BCUT2D eigenvalue weighted by Gasteiger charge is 2.20. The van der Waals surface area contributed by atoms with E-state index in [-0.39, 0.29) is 10.9 Å². The van der Waals surface area contributed by atoms with E-state index in [1.807, 2.05) is 0 Å². The molecule has 0 bridgehead atoms. The van der Waals surface area contributed by atoms with Crippen LogP contribution in [0.4, 0.5) is 10.3 Å². The molecule has 6 heteroatoms. The van der Waals surface area contributed by atoms with Gasteiger partial charge in [0.2, 0.25) is 5.88 Å². The molecule has 1 aromatic carbocycles. The van der Waals surface area contributed by atoms with Crippen molar-refractivity contribution in [3.8, 4) is 16.9 Å². The van der Waals surface area contributed by atoms with E-state index < -0.39 is 5.82 Å². The molecule has 0 saturated carbocycles. The highest BCUT2D eigenvalue weighted by molar-refractivity contribution is 6.32. The van der Waals surface area contributed by atoms with Crippen molar-refractivity contribution in [2.75, 3.05) is 12.8 Å². The monoisotopic (exact) mass is 256 g/mol. The van der Waals surface area contributed by atoms with Gasteiger partial charge in [-0.15, -0.1) is 0 Å². The second kappa shape index (κ2) is 4.25. The summed E-state index contributed by atoms with van der Waals surface area (Å²) in [7, 11) is 1.45. The lowest BCUT2D eigenvalue weighted by Gasteiger charge is -2.12. The Hall–Kier alpha value is -1.75. The van der Waals surface area contributed by atoms with E-state index in [2.05, 4.69) is 5.16 Å². The number of ether oxygens (including phenoxy) is 1. The summed E-state index contributed by atoms with van der Waals surface area (Å²) in [5, 5.41) is 3.73. The topological polar surface area (TPSA) is 61.3 Å². The van der Waals surface area contributed by atoms with Crippen LogP contribution in [0.25, 0.3) is 11.1 Å². The molecule has 90 valence electrons. The number of halogens is 2. The van der Waals surface area contributed by atoms with Crippen LogP contribution in [0.3, 0.4) is 0 Å². The molecule has 0 aliphatic rings. The molecule has 0 unspecified atom stereocenters. The number of nitrogens with zero attached hydrogens (tertiary/aromatic N) is 1. The minimum atomic E-state index is -0.439. The van der Waals surface area contributed by atoms with Crippen LogP contribution in [0.1, 0.15) is 5.56 Å². The van der Waals surface area contributed by atoms with Gasteiger partial charge in [0.25, 0.3) is 0 Å². The van der Waals surface area contributed by atoms with Gasteiger partial charge in [0.05, 0.1) is 23.9 Å². The summed E-state index contributed by atoms with van der Waals surface area (Å²) in [4.78, 5) is 0. The maximum absolute atomic E-state index is 13.6. The van der Waals surface area contributed by atoms with Gasteiger partial charge in [0.1, 0.15) is 11.6 Å². The molecular weight excluding hydrogens is 247 g/mol. The Bertz CT molecular complexity index is 569. The van der Waals surface area contributed by atoms with Gasteiger partial charge in [0.15, 0.2) is 0 Å². The average Bonchev–Trinajstić information content (AvgIpc) is 2.69. The zero-order valence-electron chi connectivity index (χ0n) is 9.25. The largest absolute Gasteiger partial charge is 0.495 e. The van der Waals surface area contributed by atoms with Crippen LogP contribution in [0.15, 0.2) is 16.8 Å². The summed E-state index contributed by atoms with van der Waals surface area (Å²) in [5.74, 6) is -0.0000617. The van der Waals surface area contributed by atoms with Crippen molar-refractivity contribution in [3.05, 3.63) is 28.7 Å². The molecule has 4 nitrogen and oxygen atoms in total. The van der Waals surface area contributed by atoms with E-state index in [1.54, 1.807) is 6.92 Å². The van der Waals surface area contributed by atoms with Gasteiger partial charge in [-0.3, -0.25) is 0 Å². The minimum absolute atomic E-state index is 0.0908. The highest BCUT2D eigenvalue weighted by atomic mass is 35.5. The number of anilines is 1. The Labute approximate surface area is 102 Å². The minimum Gasteiger partial charge on any atom is -0.495 e. The first-order valence-corrected chi connectivity index (χ1v) is 5.17. The molecule has 0 fully saturated rings. The van der Waals surface area contributed by atoms with E-state index >= 15 is 0 Å². The van der Waals surface area contributed by atoms with Gasteiger partial charge in [0, 0.05) is 5.56 Å². The van der Waals surface area contributed by atoms with Gasteiger partial charge in [-0.1, -0.05) is 16.8 Å². The van der Waals surface area contributed by atoms with Crippen molar-refractivity contribution in [2.24, 2.45) is 0 Å². The van der Waals surface area contributed by atoms with Crippen LogP contribution in [0.2, 0.25) is 5.02 Å². The Morgan fingerprint density at radius 1 is 1.53 bits per heavy atom. The summed E-state index contributed by atoms with van der Waals surface area (Å²) >= 11 is 5.92. The van der Waals surface area contributed by atoms with E-state index in [0.29, 0.717) is 22.4 Å². The number of methoxy groups -OCH3 is 1. The van der Waals surface area contributed by atoms with Crippen molar-refractivity contribution < 1.29 is 13.7 Å². The molecule has 0 aliphatic carbocycles. The fourth-order valence-electron chi connectivity index (χ4n) is 1.65. The Morgan fingerprint density at radius 2 is 2.24 bits per heavy atom. The molecule has 2 aromatic rings. The van der Waals surface area contributed by atoms with E-state index in [9.17, 15) is 4.39 Å². The van der Waals surface area contributed by atoms with E-state index in [0.717, 1.165) is 0 Å². The molecule has 0 atom stereocenters. The van der Waals surface area contributed by atoms with Gasteiger partial charge in [-0.2, -0.15) is 0 Å². The van der Waals surface area contributed by atoms with Gasteiger partial charge in [-0.05, 0) is 18.6 Å². The van der Waals surface area contributed by atoms with Crippen LogP contribution in [0, 0.1) is 12.7 Å². The van der Waals surface area contributed by atoms with E-state index in [1.165, 1.54) is 19.4 Å². The first-order chi connectivity index (χ1) is 8.06. The third-order valence-corrected chi connectivity index (χ3v) is 2.78. The Balaban J connectivity index is 2.80. The Morgan fingerprint density at radius 3 is 2.76 bits per heavy atom. The lowest BCUT2D eigenvalue weighted by atomic mass is 10.0. The van der Waals surface area contributed by atoms with Crippen LogP contribution < -0.4 is 10.5 Å². The molecule has 0 aliphatic heterocycles. The van der Waals surface area contributed by atoms with Gasteiger partial charge in [-0.25, -0.2) is 4.39 Å². The summed E-state index contributed by atoms with van der Waals surface area (Å²) in [6.45, 7) is 1.61. The summed E-state index contributed by atoms with van der Waals surface area (Å²) in [5.41, 5.74) is 6.90. The number of rotatable bonds is 2. The van der Waals surface area contributed by atoms with Crippen LogP contribution in [-0.4, -0.2) is 12.3 Å². The second-order valence-corrected chi connectivity index (χ2v) is 3.88. The third-order valence-electron chi connectivity index (χ3n) is 2.50. The van der Waals surface area contributed by atoms with Crippen molar-refractivity contribution in [2.45, 2.75) is 6.92 Å². The lowest BCUT2D eigenvalue weighted by Crippen LogP contribution is -1.96. The normalized spacial score (nSPS) is 10.6. The molecule has 1 heterocycles. The van der Waals surface area contributed by atoms with E-state index in [4.69, 9.17) is 26.6 Å². The lowest BCUT2D eigenvalue weighted by molar-refractivity contribution is 0.415. The number of aromatic nitrogens is 1. The van der Waals surface area contributed by atoms with Crippen molar-refractivity contribution in [1.29, 1.82) is 0 Å². The number of benzene rings is 1. The Kier molecular flexibility index (Phi) is 2.93. The third kappa shape index (κ3) is 1.82. The van der Waals surface area contributed by atoms with Crippen molar-refractivity contribution in [1.82, 2.24) is 5.16 Å². The fraction of sp³-hybridized carbons (Fsp3) is 0.182. The van der Waals surface area contributed by atoms with Crippen molar-refractivity contribution >= 4 is 17.5 Å². The first-order valence-electron chi connectivity index (χ1n) is 4.79. The molecule has 0 spiro atoms. The number of hydrogen-bond acceptors (Lipinski definition) is 4. The maximum Gasteiger partial charge on any atom is 0.230 e. The highest BCUT2D eigenvalue weighted by Crippen LogP contribution is 2.41. The first kappa shape index (κ1) is 11.7. The SMILES string of the molecule is COc1c(Cl)cc(F)c(C)c1-c1cnoc1N. The van der Waals surface area contributed by atoms with Crippen LogP contribution in [0.5, 0.6) is 5.75 Å². The molecular formula is C11H10ClFN2O2. The summed E-state index contributed by atoms with van der Waals surface area (Å²) in [6, 6.07) is 1.20. The van der Waals surface area contributed by atoms with Gasteiger partial charge >= 0.3 is 0 Å². The quantitative estimate of drug-likeness (QED) is 0.897. The molecule has 0 saturated heterocycles. The molecule has 0 radical (unpaired) electrons. The van der Waals surface area contributed by atoms with Crippen molar-refractivity contribution in [3.63, 3.8) is 0 Å². The number of nitrogen functional groups attached to an aromatic ring is 1. The average molecular weight is 257 g/mol. The summed E-state index contributed by atoms with van der Waals surface area (Å²) in [6.07, 6.45) is 1.40. The predicted octanol–water partition coefficient (Wildman–Crippen LogP) is 3.03. The number of nitrogens with two attached hydrogens (primary N) is 1. The molecule has 2 N–H and O–H groups in total. The van der Waals surface area contributed by atoms with Gasteiger partial charge < -0.3 is 15.0 Å². The zero-order valence-corrected chi connectivity index (χ0v) is 10.0. The molecule has 17 heavy (non-hydrogen) atoms. The second-order valence-electron chi connectivity index (χ2n) is 3.48. The predicted molar refractivity (Wildman–Crippen MR) is 62.6 cm³/mol. The standard InChI is InChI=1S/C11H10ClFN2O2/c1-5-8(13)3-7(12)10(16-2)9(5)6-4-15-17-11(6)14/h3-4H,14H2,1-2H3. The maximum atomic E-state index is 13.6. The molecule has 2 rings (SSSR count).